The molecule has 3 aromatic heterocycles. The molecular weight excluding hydrogens is 615 g/mol. The molecular formula is C45H29N3S. The predicted octanol–water partition coefficient (Wildman–Crippen LogP) is 12.2. The lowest BCUT2D eigenvalue weighted by molar-refractivity contribution is 1.18. The van der Waals surface area contributed by atoms with Gasteiger partial charge in [0.2, 0.25) is 0 Å². The van der Waals surface area contributed by atoms with Gasteiger partial charge in [0.25, 0.3) is 0 Å². The summed E-state index contributed by atoms with van der Waals surface area (Å²) < 4.78 is 2.60. The molecule has 0 aliphatic carbocycles. The molecule has 0 aliphatic heterocycles. The molecule has 0 aliphatic rings. The van der Waals surface area contributed by atoms with Crippen LogP contribution >= 0.6 is 11.3 Å². The summed E-state index contributed by atoms with van der Waals surface area (Å²) in [4.78, 5) is 14.7. The van der Waals surface area contributed by atoms with Crippen molar-refractivity contribution < 1.29 is 0 Å². The first-order chi connectivity index (χ1) is 24.3. The molecule has 0 N–H and O–H groups in total. The van der Waals surface area contributed by atoms with Gasteiger partial charge in [0.05, 0.1) is 11.4 Å². The van der Waals surface area contributed by atoms with Crippen molar-refractivity contribution in [3.05, 3.63) is 176 Å². The number of hydrogen-bond acceptors (Lipinski definition) is 4. The summed E-state index contributed by atoms with van der Waals surface area (Å²) in [5.74, 6) is 0.690. The summed E-state index contributed by atoms with van der Waals surface area (Å²) in [5, 5.41) is 2.58. The Hall–Kier alpha value is -6.23. The molecule has 0 spiro atoms. The van der Waals surface area contributed by atoms with Crippen LogP contribution in [0, 0.1) is 0 Å². The highest BCUT2D eigenvalue weighted by Gasteiger charge is 2.16. The van der Waals surface area contributed by atoms with Crippen LogP contribution in [-0.2, 0) is 0 Å². The molecule has 0 radical (unpaired) electrons. The summed E-state index contributed by atoms with van der Waals surface area (Å²) in [5.41, 5.74) is 11.6. The fraction of sp³-hybridized carbons (Fsp3) is 0. The van der Waals surface area contributed by atoms with Gasteiger partial charge in [0.15, 0.2) is 5.82 Å². The van der Waals surface area contributed by atoms with E-state index in [1.807, 2.05) is 54.1 Å². The molecule has 4 heteroatoms. The quantitative estimate of drug-likeness (QED) is 0.181. The molecule has 0 atom stereocenters. The van der Waals surface area contributed by atoms with Crippen molar-refractivity contribution in [3.8, 4) is 67.3 Å². The SMILES string of the molecule is c1ccc(-c2cc(-c3ccc4sc5ccccc5c4c3)cc(-c3cc(-c4ccccc4-c4ccncc4)nc(-c4ccccc4)n3)c2)cc1. The highest BCUT2D eigenvalue weighted by Crippen LogP contribution is 2.40. The molecule has 0 fully saturated rings. The Morgan fingerprint density at radius 1 is 0.347 bits per heavy atom. The molecule has 0 saturated heterocycles. The topological polar surface area (TPSA) is 38.7 Å². The van der Waals surface area contributed by atoms with Crippen LogP contribution < -0.4 is 0 Å². The molecule has 0 amide bonds. The molecule has 9 rings (SSSR count). The standard InChI is InChI=1S/C45H29N3S/c1-3-11-30(12-4-1)34-25-35(33-19-20-44-40(28-33)39-17-9-10-18-43(39)49-44)27-36(26-34)41-29-42(48-45(47-41)32-13-5-2-6-14-32)38-16-8-7-15-37(38)31-21-23-46-24-22-31/h1-29H. The number of rotatable bonds is 6. The summed E-state index contributed by atoms with van der Waals surface area (Å²) >= 11 is 1.84. The highest BCUT2D eigenvalue weighted by molar-refractivity contribution is 7.25. The first-order valence-corrected chi connectivity index (χ1v) is 17.2. The molecule has 6 aromatic carbocycles. The Kier molecular flexibility index (Phi) is 7.34. The van der Waals surface area contributed by atoms with Gasteiger partial charge < -0.3 is 0 Å². The third-order valence-electron chi connectivity index (χ3n) is 9.00. The van der Waals surface area contributed by atoms with Gasteiger partial charge in [0, 0.05) is 49.3 Å². The van der Waals surface area contributed by atoms with Gasteiger partial charge in [-0.05, 0) is 88.0 Å². The predicted molar refractivity (Wildman–Crippen MR) is 205 cm³/mol. The van der Waals surface area contributed by atoms with E-state index in [4.69, 9.17) is 9.97 Å². The van der Waals surface area contributed by atoms with E-state index < -0.39 is 0 Å². The van der Waals surface area contributed by atoms with Crippen LogP contribution in [0.4, 0.5) is 0 Å². The van der Waals surface area contributed by atoms with E-state index in [0.29, 0.717) is 5.82 Å². The van der Waals surface area contributed by atoms with Gasteiger partial charge in [-0.25, -0.2) is 9.97 Å². The Balaban J connectivity index is 1.27. The van der Waals surface area contributed by atoms with Crippen LogP contribution in [0.25, 0.3) is 87.5 Å². The van der Waals surface area contributed by atoms with E-state index in [9.17, 15) is 0 Å². The van der Waals surface area contributed by atoms with Gasteiger partial charge in [-0.15, -0.1) is 11.3 Å². The monoisotopic (exact) mass is 643 g/mol. The normalized spacial score (nSPS) is 11.3. The lowest BCUT2D eigenvalue weighted by atomic mass is 9.93. The third kappa shape index (κ3) is 5.58. The molecule has 9 aromatic rings. The lowest BCUT2D eigenvalue weighted by Crippen LogP contribution is -1.97. The zero-order valence-corrected chi connectivity index (χ0v) is 27.3. The average molecular weight is 644 g/mol. The van der Waals surface area contributed by atoms with Crippen molar-refractivity contribution >= 4 is 31.5 Å². The third-order valence-corrected chi connectivity index (χ3v) is 10.2. The summed E-state index contributed by atoms with van der Waals surface area (Å²) in [7, 11) is 0. The fourth-order valence-corrected chi connectivity index (χ4v) is 7.67. The molecule has 0 unspecified atom stereocenters. The molecule has 0 saturated carbocycles. The summed E-state index contributed by atoms with van der Waals surface area (Å²) in [6.07, 6.45) is 3.67. The Morgan fingerprint density at radius 2 is 0.959 bits per heavy atom. The maximum absolute atomic E-state index is 5.23. The number of pyridine rings is 1. The van der Waals surface area contributed by atoms with Crippen molar-refractivity contribution in [2.75, 3.05) is 0 Å². The first-order valence-electron chi connectivity index (χ1n) is 16.3. The van der Waals surface area contributed by atoms with Crippen LogP contribution in [-0.4, -0.2) is 15.0 Å². The molecule has 3 heterocycles. The van der Waals surface area contributed by atoms with Crippen molar-refractivity contribution in [3.63, 3.8) is 0 Å². The van der Waals surface area contributed by atoms with Crippen LogP contribution in [0.3, 0.4) is 0 Å². The minimum atomic E-state index is 0.690. The maximum atomic E-state index is 5.23. The number of benzene rings is 6. The Labute approximate surface area is 288 Å². The smallest absolute Gasteiger partial charge is 0.160 e. The number of hydrogen-bond donors (Lipinski definition) is 0. The van der Waals surface area contributed by atoms with Crippen molar-refractivity contribution in [2.45, 2.75) is 0 Å². The van der Waals surface area contributed by atoms with Crippen LogP contribution in [0.2, 0.25) is 0 Å². The summed E-state index contributed by atoms with van der Waals surface area (Å²) in [6.45, 7) is 0. The average Bonchev–Trinajstić information content (AvgIpc) is 3.57. The second-order valence-electron chi connectivity index (χ2n) is 12.1. The van der Waals surface area contributed by atoms with Crippen molar-refractivity contribution in [2.24, 2.45) is 0 Å². The molecule has 0 bridgehead atoms. The van der Waals surface area contributed by atoms with Gasteiger partial charge in [-0.2, -0.15) is 0 Å². The van der Waals surface area contributed by atoms with Gasteiger partial charge in [-0.3, -0.25) is 4.98 Å². The molecule has 3 nitrogen and oxygen atoms in total. The van der Waals surface area contributed by atoms with Gasteiger partial charge in [0.1, 0.15) is 0 Å². The lowest BCUT2D eigenvalue weighted by Gasteiger charge is -2.15. The van der Waals surface area contributed by atoms with Crippen LogP contribution in [0.1, 0.15) is 0 Å². The van der Waals surface area contributed by atoms with E-state index in [1.54, 1.807) is 0 Å². The number of fused-ring (bicyclic) bond motifs is 3. The van der Waals surface area contributed by atoms with Gasteiger partial charge in [-0.1, -0.05) is 109 Å². The highest BCUT2D eigenvalue weighted by atomic mass is 32.1. The van der Waals surface area contributed by atoms with E-state index in [0.717, 1.165) is 55.9 Å². The Morgan fingerprint density at radius 3 is 1.76 bits per heavy atom. The summed E-state index contributed by atoms with van der Waals surface area (Å²) in [6, 6.07) is 57.8. The minimum absolute atomic E-state index is 0.690. The minimum Gasteiger partial charge on any atom is -0.265 e. The van der Waals surface area contributed by atoms with E-state index in [2.05, 4.69) is 138 Å². The second-order valence-corrected chi connectivity index (χ2v) is 13.2. The first kappa shape index (κ1) is 29.0. The fourth-order valence-electron chi connectivity index (χ4n) is 6.58. The number of aromatic nitrogens is 3. The van der Waals surface area contributed by atoms with Crippen molar-refractivity contribution in [1.29, 1.82) is 0 Å². The van der Waals surface area contributed by atoms with E-state index in [1.165, 1.54) is 25.7 Å². The largest absolute Gasteiger partial charge is 0.265 e. The molecule has 49 heavy (non-hydrogen) atoms. The van der Waals surface area contributed by atoms with E-state index >= 15 is 0 Å². The Bertz CT molecular complexity index is 2590. The number of thiophene rings is 1. The zero-order chi connectivity index (χ0) is 32.6. The second kappa shape index (κ2) is 12.4. The van der Waals surface area contributed by atoms with Crippen LogP contribution in [0.15, 0.2) is 176 Å². The number of nitrogens with zero attached hydrogens (tertiary/aromatic N) is 3. The van der Waals surface area contributed by atoms with Crippen molar-refractivity contribution in [1.82, 2.24) is 15.0 Å². The van der Waals surface area contributed by atoms with Crippen LogP contribution in [0.5, 0.6) is 0 Å². The maximum Gasteiger partial charge on any atom is 0.160 e. The van der Waals surface area contributed by atoms with Gasteiger partial charge >= 0.3 is 0 Å². The molecule has 230 valence electrons. The van der Waals surface area contributed by atoms with E-state index in [-0.39, 0.29) is 0 Å². The zero-order valence-electron chi connectivity index (χ0n) is 26.5.